The molecule has 0 amide bonds. The molecule has 3 nitrogen and oxygen atoms in total. The van der Waals surface area contributed by atoms with Gasteiger partial charge in [0.05, 0.1) is 6.61 Å². The van der Waals surface area contributed by atoms with Crippen LogP contribution in [0.2, 0.25) is 0 Å². The van der Waals surface area contributed by atoms with Crippen molar-refractivity contribution in [3.8, 4) is 0 Å². The van der Waals surface area contributed by atoms with Crippen LogP contribution in [0.15, 0.2) is 24.8 Å². The van der Waals surface area contributed by atoms with Gasteiger partial charge in [-0.15, -0.1) is 0 Å². The first-order valence-electron chi connectivity index (χ1n) is 7.22. The van der Waals surface area contributed by atoms with Gasteiger partial charge in [-0.25, -0.2) is 18.6 Å². The van der Waals surface area contributed by atoms with Crippen LogP contribution in [0, 0.1) is 11.6 Å². The molecule has 0 N–H and O–H groups in total. The SMILES string of the molecule is C=C(c1ccc(F)c(F)c1)C1COC2(CCCCC2)OO1. The van der Waals surface area contributed by atoms with Crippen LogP contribution in [-0.4, -0.2) is 18.5 Å². The average molecular weight is 296 g/mol. The Kier molecular flexibility index (Phi) is 4.06. The Labute approximate surface area is 122 Å². The second kappa shape index (κ2) is 5.83. The molecule has 1 aromatic rings. The van der Waals surface area contributed by atoms with E-state index in [4.69, 9.17) is 14.5 Å². The van der Waals surface area contributed by atoms with Gasteiger partial charge >= 0.3 is 0 Å². The highest BCUT2D eigenvalue weighted by Gasteiger charge is 2.41. The normalized spacial score (nSPS) is 25.0. The summed E-state index contributed by atoms with van der Waals surface area (Å²) in [5, 5.41) is 0. The van der Waals surface area contributed by atoms with Crippen molar-refractivity contribution in [1.29, 1.82) is 0 Å². The molecule has 0 bridgehead atoms. The van der Waals surface area contributed by atoms with Crippen LogP contribution >= 0.6 is 0 Å². The topological polar surface area (TPSA) is 27.7 Å². The van der Waals surface area contributed by atoms with Crippen LogP contribution in [0.1, 0.15) is 37.7 Å². The van der Waals surface area contributed by atoms with Crippen molar-refractivity contribution in [2.45, 2.75) is 44.0 Å². The van der Waals surface area contributed by atoms with Gasteiger partial charge in [-0.2, -0.15) is 0 Å². The molecule has 1 atom stereocenters. The first kappa shape index (κ1) is 14.6. The molecule has 1 spiro atoms. The Morgan fingerprint density at radius 1 is 1.14 bits per heavy atom. The largest absolute Gasteiger partial charge is 0.344 e. The molecule has 1 aliphatic carbocycles. The van der Waals surface area contributed by atoms with Crippen molar-refractivity contribution in [1.82, 2.24) is 0 Å². The molecular formula is C16H18F2O3. The van der Waals surface area contributed by atoms with E-state index in [2.05, 4.69) is 6.58 Å². The smallest absolute Gasteiger partial charge is 0.201 e. The van der Waals surface area contributed by atoms with Crippen LogP contribution in [-0.2, 0) is 14.5 Å². The van der Waals surface area contributed by atoms with E-state index in [9.17, 15) is 8.78 Å². The number of benzene rings is 1. The molecule has 1 unspecified atom stereocenters. The Bertz CT molecular complexity index is 528. The van der Waals surface area contributed by atoms with Crippen LogP contribution in [0.4, 0.5) is 8.78 Å². The molecule has 1 saturated heterocycles. The summed E-state index contributed by atoms with van der Waals surface area (Å²) in [6.07, 6.45) is 4.41. The molecule has 21 heavy (non-hydrogen) atoms. The lowest BCUT2D eigenvalue weighted by Gasteiger charge is -2.41. The summed E-state index contributed by atoms with van der Waals surface area (Å²) < 4.78 is 32.1. The molecule has 5 heteroatoms. The fourth-order valence-corrected chi connectivity index (χ4v) is 2.78. The van der Waals surface area contributed by atoms with E-state index in [1.165, 1.54) is 12.5 Å². The minimum atomic E-state index is -0.907. The third kappa shape index (κ3) is 3.00. The van der Waals surface area contributed by atoms with Gasteiger partial charge in [0, 0.05) is 12.8 Å². The Hall–Kier alpha value is -1.30. The highest BCUT2D eigenvalue weighted by Crippen LogP contribution is 2.37. The van der Waals surface area contributed by atoms with Gasteiger partial charge in [-0.1, -0.05) is 19.1 Å². The van der Waals surface area contributed by atoms with Gasteiger partial charge in [-0.05, 0) is 36.1 Å². The predicted octanol–water partition coefficient (Wildman–Crippen LogP) is 3.99. The predicted molar refractivity (Wildman–Crippen MR) is 73.1 cm³/mol. The highest BCUT2D eigenvalue weighted by atomic mass is 19.2. The summed E-state index contributed by atoms with van der Waals surface area (Å²) in [5.41, 5.74) is 0.991. The van der Waals surface area contributed by atoms with Crippen molar-refractivity contribution >= 4 is 5.57 Å². The summed E-state index contributed by atoms with van der Waals surface area (Å²) in [7, 11) is 0. The second-order valence-electron chi connectivity index (χ2n) is 5.60. The maximum Gasteiger partial charge on any atom is 0.201 e. The van der Waals surface area contributed by atoms with Crippen LogP contribution in [0.25, 0.3) is 5.57 Å². The van der Waals surface area contributed by atoms with Crippen LogP contribution in [0.5, 0.6) is 0 Å². The van der Waals surface area contributed by atoms with E-state index in [1.807, 2.05) is 0 Å². The van der Waals surface area contributed by atoms with E-state index in [0.717, 1.165) is 37.8 Å². The van der Waals surface area contributed by atoms with E-state index in [1.54, 1.807) is 0 Å². The summed E-state index contributed by atoms with van der Waals surface area (Å²) in [6.45, 7) is 4.18. The summed E-state index contributed by atoms with van der Waals surface area (Å²) in [5.74, 6) is -2.43. The average Bonchev–Trinajstić information content (AvgIpc) is 2.51. The molecule has 1 heterocycles. The molecule has 114 valence electrons. The second-order valence-corrected chi connectivity index (χ2v) is 5.60. The third-order valence-electron chi connectivity index (χ3n) is 4.11. The van der Waals surface area contributed by atoms with Gasteiger partial charge in [-0.3, -0.25) is 0 Å². The molecule has 3 rings (SSSR count). The lowest BCUT2D eigenvalue weighted by atomic mass is 9.94. The Morgan fingerprint density at radius 2 is 1.90 bits per heavy atom. The molecule has 0 aromatic heterocycles. The van der Waals surface area contributed by atoms with Gasteiger partial charge in [0.2, 0.25) is 5.79 Å². The first-order chi connectivity index (χ1) is 10.1. The fraction of sp³-hybridized carbons (Fsp3) is 0.500. The third-order valence-corrected chi connectivity index (χ3v) is 4.11. The van der Waals surface area contributed by atoms with E-state index >= 15 is 0 Å². The maximum atomic E-state index is 13.3. The minimum absolute atomic E-state index is 0.303. The molecule has 1 aliphatic heterocycles. The maximum absolute atomic E-state index is 13.3. The molecular weight excluding hydrogens is 278 g/mol. The Morgan fingerprint density at radius 3 is 2.52 bits per heavy atom. The van der Waals surface area contributed by atoms with Gasteiger partial charge in [0.1, 0.15) is 6.10 Å². The Balaban J connectivity index is 1.65. The number of hydrogen-bond donors (Lipinski definition) is 0. The van der Waals surface area contributed by atoms with Crippen molar-refractivity contribution in [2.75, 3.05) is 6.61 Å². The van der Waals surface area contributed by atoms with E-state index in [-0.39, 0.29) is 0 Å². The van der Waals surface area contributed by atoms with Crippen molar-refractivity contribution in [2.24, 2.45) is 0 Å². The number of halogens is 2. The summed E-state index contributed by atoms with van der Waals surface area (Å²) in [6, 6.07) is 3.64. The lowest BCUT2D eigenvalue weighted by Crippen LogP contribution is -2.46. The summed E-state index contributed by atoms with van der Waals surface area (Å²) in [4.78, 5) is 10.9. The fourth-order valence-electron chi connectivity index (χ4n) is 2.78. The minimum Gasteiger partial charge on any atom is -0.344 e. The molecule has 0 radical (unpaired) electrons. The van der Waals surface area contributed by atoms with Gasteiger partial charge in [0.15, 0.2) is 11.6 Å². The number of ether oxygens (including phenoxy) is 1. The zero-order valence-electron chi connectivity index (χ0n) is 11.7. The monoisotopic (exact) mass is 296 g/mol. The van der Waals surface area contributed by atoms with Crippen molar-refractivity contribution in [3.63, 3.8) is 0 Å². The highest BCUT2D eigenvalue weighted by molar-refractivity contribution is 5.66. The zero-order valence-corrected chi connectivity index (χ0v) is 11.7. The lowest BCUT2D eigenvalue weighted by molar-refractivity contribution is -0.483. The molecule has 1 saturated carbocycles. The molecule has 2 fully saturated rings. The van der Waals surface area contributed by atoms with Crippen molar-refractivity contribution < 1.29 is 23.3 Å². The summed E-state index contributed by atoms with van der Waals surface area (Å²) >= 11 is 0. The quantitative estimate of drug-likeness (QED) is 0.772. The van der Waals surface area contributed by atoms with Crippen LogP contribution < -0.4 is 0 Å². The van der Waals surface area contributed by atoms with E-state index in [0.29, 0.717) is 17.7 Å². The molecule has 2 aliphatic rings. The number of rotatable bonds is 2. The van der Waals surface area contributed by atoms with E-state index < -0.39 is 23.5 Å². The van der Waals surface area contributed by atoms with Crippen LogP contribution in [0.3, 0.4) is 0 Å². The number of hydrogen-bond acceptors (Lipinski definition) is 3. The van der Waals surface area contributed by atoms with Crippen molar-refractivity contribution in [3.05, 3.63) is 42.0 Å². The first-order valence-corrected chi connectivity index (χ1v) is 7.22. The zero-order chi connectivity index (χ0) is 14.9. The molecule has 1 aromatic carbocycles. The van der Waals surface area contributed by atoms with Gasteiger partial charge < -0.3 is 4.74 Å². The van der Waals surface area contributed by atoms with Gasteiger partial charge in [0.25, 0.3) is 0 Å². The standard InChI is InChI=1S/C16H18F2O3/c1-11(12-5-6-13(17)14(18)9-12)15-10-19-16(21-20-15)7-3-2-4-8-16/h5-6,9,15H,1-4,7-8,10H2.